The van der Waals surface area contributed by atoms with E-state index in [0.717, 1.165) is 5.56 Å². The van der Waals surface area contributed by atoms with Crippen molar-refractivity contribution in [1.82, 2.24) is 0 Å². The summed E-state index contributed by atoms with van der Waals surface area (Å²) >= 11 is 0. The average molecular weight is 507 g/mol. The van der Waals surface area contributed by atoms with Crippen molar-refractivity contribution < 1.29 is 23.4 Å². The van der Waals surface area contributed by atoms with Crippen LogP contribution in [0.25, 0.3) is 0 Å². The molecule has 0 bridgehead atoms. The van der Waals surface area contributed by atoms with E-state index in [2.05, 4.69) is 69.3 Å². The van der Waals surface area contributed by atoms with Crippen LogP contribution in [-0.2, 0) is 30.0 Å². The highest BCUT2D eigenvalue weighted by Gasteiger charge is 2.50. The molecular formula is C30H38O5Si. The molecule has 0 unspecified atom stereocenters. The van der Waals surface area contributed by atoms with E-state index in [0.29, 0.717) is 19.8 Å². The summed E-state index contributed by atoms with van der Waals surface area (Å²) in [6, 6.07) is 31.1. The number of benzene rings is 3. The van der Waals surface area contributed by atoms with Gasteiger partial charge in [-0.1, -0.05) is 112 Å². The van der Waals surface area contributed by atoms with Crippen LogP contribution in [0.1, 0.15) is 33.3 Å². The standard InChI is InChI=1S/C30H38O5Si/c1-25(31)33-20-21-34-27(23-32-22-26-14-8-5-9-15-26)24-35-36(30(2,3)4,28-16-10-6-11-17-28)29-18-12-7-13-19-29/h5-19,27H,20-24H2,1-4H3/t27-/m0/s1. The topological polar surface area (TPSA) is 54.0 Å². The van der Waals surface area contributed by atoms with Crippen molar-refractivity contribution >= 4 is 24.7 Å². The summed E-state index contributed by atoms with van der Waals surface area (Å²) in [6.07, 6.45) is -0.314. The van der Waals surface area contributed by atoms with Crippen LogP contribution in [0.4, 0.5) is 0 Å². The van der Waals surface area contributed by atoms with Crippen LogP contribution in [0.2, 0.25) is 5.04 Å². The lowest BCUT2D eigenvalue weighted by molar-refractivity contribution is -0.144. The van der Waals surface area contributed by atoms with Gasteiger partial charge < -0.3 is 18.6 Å². The first-order valence-corrected chi connectivity index (χ1v) is 14.4. The molecule has 192 valence electrons. The second-order valence-corrected chi connectivity index (χ2v) is 14.1. The van der Waals surface area contributed by atoms with Crippen LogP contribution in [0.5, 0.6) is 0 Å². The molecule has 0 heterocycles. The minimum absolute atomic E-state index is 0.136. The van der Waals surface area contributed by atoms with Gasteiger partial charge in [-0.25, -0.2) is 0 Å². The van der Waals surface area contributed by atoms with E-state index in [-0.39, 0.29) is 30.3 Å². The molecule has 0 aliphatic carbocycles. The third-order valence-corrected chi connectivity index (χ3v) is 11.1. The van der Waals surface area contributed by atoms with Gasteiger partial charge in [0, 0.05) is 6.92 Å². The van der Waals surface area contributed by atoms with Crippen molar-refractivity contribution in [1.29, 1.82) is 0 Å². The first-order chi connectivity index (χ1) is 17.3. The molecule has 0 N–H and O–H groups in total. The zero-order valence-electron chi connectivity index (χ0n) is 21.8. The lowest BCUT2D eigenvalue weighted by Gasteiger charge is -2.43. The number of esters is 1. The second kappa shape index (κ2) is 13.5. The molecule has 0 fully saturated rings. The normalized spacial score (nSPS) is 12.8. The number of hydrogen-bond acceptors (Lipinski definition) is 5. The van der Waals surface area contributed by atoms with Crippen LogP contribution in [0.15, 0.2) is 91.0 Å². The summed E-state index contributed by atoms with van der Waals surface area (Å²) in [4.78, 5) is 11.2. The van der Waals surface area contributed by atoms with E-state index >= 15 is 0 Å². The van der Waals surface area contributed by atoms with Crippen molar-refractivity contribution in [3.8, 4) is 0 Å². The smallest absolute Gasteiger partial charge is 0.302 e. The summed E-state index contributed by atoms with van der Waals surface area (Å²) in [7, 11) is -2.70. The third-order valence-electron chi connectivity index (χ3n) is 6.06. The largest absolute Gasteiger partial charge is 0.463 e. The molecular weight excluding hydrogens is 468 g/mol. The van der Waals surface area contributed by atoms with Gasteiger partial charge in [0.25, 0.3) is 8.32 Å². The van der Waals surface area contributed by atoms with Crippen LogP contribution in [0.3, 0.4) is 0 Å². The van der Waals surface area contributed by atoms with Gasteiger partial charge in [-0.05, 0) is 21.0 Å². The highest BCUT2D eigenvalue weighted by molar-refractivity contribution is 6.99. The minimum Gasteiger partial charge on any atom is -0.463 e. The van der Waals surface area contributed by atoms with Gasteiger partial charge in [0.2, 0.25) is 0 Å². The maximum atomic E-state index is 11.2. The predicted octanol–water partition coefficient (Wildman–Crippen LogP) is 4.73. The first kappa shape index (κ1) is 27.8. The van der Waals surface area contributed by atoms with Gasteiger partial charge in [0.15, 0.2) is 0 Å². The van der Waals surface area contributed by atoms with Crippen molar-refractivity contribution in [3.05, 3.63) is 96.6 Å². The fraction of sp³-hybridized carbons (Fsp3) is 0.367. The Morgan fingerprint density at radius 1 is 0.778 bits per heavy atom. The molecule has 1 atom stereocenters. The van der Waals surface area contributed by atoms with E-state index in [4.69, 9.17) is 18.6 Å². The lowest BCUT2D eigenvalue weighted by Crippen LogP contribution is -2.67. The molecule has 3 aromatic rings. The summed E-state index contributed by atoms with van der Waals surface area (Å²) in [6.45, 7) is 9.85. The zero-order chi connectivity index (χ0) is 25.9. The molecule has 0 amide bonds. The van der Waals surface area contributed by atoms with Crippen LogP contribution >= 0.6 is 0 Å². The van der Waals surface area contributed by atoms with Gasteiger partial charge in [0.1, 0.15) is 12.7 Å². The SMILES string of the molecule is CC(=O)OCCO[C@@H](COCc1ccccc1)CO[Si](c1ccccc1)(c1ccccc1)C(C)(C)C. The van der Waals surface area contributed by atoms with E-state index in [1.54, 1.807) is 0 Å². The summed E-state index contributed by atoms with van der Waals surface area (Å²) in [5.74, 6) is -0.320. The van der Waals surface area contributed by atoms with E-state index in [9.17, 15) is 4.79 Å². The summed E-state index contributed by atoms with van der Waals surface area (Å²) in [5.41, 5.74) is 1.10. The van der Waals surface area contributed by atoms with Gasteiger partial charge in [-0.3, -0.25) is 4.79 Å². The van der Waals surface area contributed by atoms with Crippen molar-refractivity contribution in [2.75, 3.05) is 26.4 Å². The average Bonchev–Trinajstić information content (AvgIpc) is 2.87. The highest BCUT2D eigenvalue weighted by atomic mass is 28.4. The molecule has 36 heavy (non-hydrogen) atoms. The number of carbonyl (C=O) groups excluding carboxylic acids is 1. The predicted molar refractivity (Wildman–Crippen MR) is 146 cm³/mol. The van der Waals surface area contributed by atoms with Crippen molar-refractivity contribution in [2.45, 2.75) is 45.4 Å². The fourth-order valence-corrected chi connectivity index (χ4v) is 9.00. The van der Waals surface area contributed by atoms with Crippen LogP contribution in [0, 0.1) is 0 Å². The molecule has 0 spiro atoms. The minimum atomic E-state index is -2.70. The Labute approximate surface area is 216 Å². The Morgan fingerprint density at radius 2 is 1.31 bits per heavy atom. The Hall–Kier alpha value is -2.77. The Bertz CT molecular complexity index is 996. The zero-order valence-corrected chi connectivity index (χ0v) is 22.8. The Kier molecular flexibility index (Phi) is 10.4. The van der Waals surface area contributed by atoms with Gasteiger partial charge >= 0.3 is 5.97 Å². The van der Waals surface area contributed by atoms with Crippen molar-refractivity contribution in [2.24, 2.45) is 0 Å². The first-order valence-electron chi connectivity index (χ1n) is 12.4. The van der Waals surface area contributed by atoms with Gasteiger partial charge in [-0.15, -0.1) is 0 Å². The molecule has 6 heteroatoms. The molecule has 3 aromatic carbocycles. The lowest BCUT2D eigenvalue weighted by atomic mass is 10.2. The number of rotatable bonds is 13. The maximum absolute atomic E-state index is 11.2. The summed E-state index contributed by atoms with van der Waals surface area (Å²) < 4.78 is 24.2. The summed E-state index contributed by atoms with van der Waals surface area (Å²) in [5, 5.41) is 2.29. The Balaban J connectivity index is 1.82. The van der Waals surface area contributed by atoms with Gasteiger partial charge in [-0.2, -0.15) is 0 Å². The number of hydrogen-bond donors (Lipinski definition) is 0. The van der Waals surface area contributed by atoms with Gasteiger partial charge in [0.05, 0.1) is 26.4 Å². The Morgan fingerprint density at radius 3 is 1.81 bits per heavy atom. The van der Waals surface area contributed by atoms with Crippen molar-refractivity contribution in [3.63, 3.8) is 0 Å². The molecule has 0 saturated carbocycles. The monoisotopic (exact) mass is 506 g/mol. The molecule has 3 rings (SSSR count). The quantitative estimate of drug-likeness (QED) is 0.191. The number of carbonyl (C=O) groups is 1. The number of ether oxygens (including phenoxy) is 3. The van der Waals surface area contributed by atoms with E-state index in [1.165, 1.54) is 17.3 Å². The highest BCUT2D eigenvalue weighted by Crippen LogP contribution is 2.36. The maximum Gasteiger partial charge on any atom is 0.302 e. The van der Waals surface area contributed by atoms with Crippen LogP contribution in [-0.4, -0.2) is 46.8 Å². The third kappa shape index (κ3) is 7.61. The second-order valence-electron chi connectivity index (χ2n) is 9.81. The van der Waals surface area contributed by atoms with E-state index in [1.807, 2.05) is 42.5 Å². The molecule has 5 nitrogen and oxygen atoms in total. The molecule has 0 aromatic heterocycles. The molecule has 0 radical (unpaired) electrons. The molecule has 0 aliphatic rings. The molecule has 0 aliphatic heterocycles. The van der Waals surface area contributed by atoms with E-state index < -0.39 is 8.32 Å². The molecule has 0 saturated heterocycles. The fourth-order valence-electron chi connectivity index (χ4n) is 4.41. The van der Waals surface area contributed by atoms with Crippen LogP contribution < -0.4 is 10.4 Å².